The van der Waals surface area contributed by atoms with Crippen LogP contribution in [0, 0.1) is 23.7 Å². The Kier molecular flexibility index (Phi) is 22.3. The summed E-state index contributed by atoms with van der Waals surface area (Å²) in [7, 11) is 0. The summed E-state index contributed by atoms with van der Waals surface area (Å²) in [6.45, 7) is 14.6. The number of aromatic nitrogens is 2. The van der Waals surface area contributed by atoms with Crippen LogP contribution in [0.2, 0.25) is 0 Å². The molecule has 8 atom stereocenters. The average Bonchev–Trinajstić information content (AvgIpc) is 3.78. The first-order chi connectivity index (χ1) is 31.3. The normalized spacial score (nSPS) is 15.0. The number of aliphatic hydroxyl groups excluding tert-OH is 1. The Morgan fingerprint density at radius 2 is 1.18 bits per heavy atom. The number of aliphatic hydroxyl groups is 1. The smallest absolute Gasteiger partial charge is 0.408 e. The van der Waals surface area contributed by atoms with Crippen LogP contribution in [0.3, 0.4) is 0 Å². The Hall–Kier alpha value is -6.30. The first-order valence-corrected chi connectivity index (χ1v) is 22.7. The average molecular weight is 918 g/mol. The number of benzene rings is 2. The van der Waals surface area contributed by atoms with Crippen molar-refractivity contribution in [3.8, 4) is 0 Å². The lowest BCUT2D eigenvalue weighted by molar-refractivity contribution is -0.136. The van der Waals surface area contributed by atoms with Crippen molar-refractivity contribution in [2.45, 2.75) is 143 Å². The summed E-state index contributed by atoms with van der Waals surface area (Å²) >= 11 is 0. The second-order valence-electron chi connectivity index (χ2n) is 18.1. The first-order valence-electron chi connectivity index (χ1n) is 22.7. The van der Waals surface area contributed by atoms with Gasteiger partial charge in [-0.15, -0.1) is 0 Å². The van der Waals surface area contributed by atoms with Crippen LogP contribution in [0.1, 0.15) is 97.9 Å². The largest absolute Gasteiger partial charge is 0.445 e. The second-order valence-corrected chi connectivity index (χ2v) is 18.1. The summed E-state index contributed by atoms with van der Waals surface area (Å²) in [6.07, 6.45) is 1.48. The fourth-order valence-electron chi connectivity index (χ4n) is 7.21. The molecule has 1 aromatic heterocycles. The fraction of sp³-hybridized carbons (Fsp3) is 0.542. The van der Waals surface area contributed by atoms with Crippen LogP contribution < -0.4 is 37.6 Å². The lowest BCUT2D eigenvalue weighted by Gasteiger charge is -2.32. The monoisotopic (exact) mass is 918 g/mol. The molecule has 18 heteroatoms. The number of nitrogens with two attached hydrogens (primary N) is 1. The molecule has 1 heterocycles. The van der Waals surface area contributed by atoms with Crippen LogP contribution in [0.5, 0.6) is 0 Å². The first kappa shape index (κ1) is 54.0. The molecule has 0 bridgehead atoms. The van der Waals surface area contributed by atoms with Gasteiger partial charge in [-0.25, -0.2) is 9.78 Å². The zero-order valence-electron chi connectivity index (χ0n) is 39.5. The Labute approximate surface area is 388 Å². The number of carbonyl (C=O) groups excluding carboxylic acids is 7. The van der Waals surface area contributed by atoms with Crippen molar-refractivity contribution in [3.63, 3.8) is 0 Å². The highest BCUT2D eigenvalue weighted by atomic mass is 16.5. The summed E-state index contributed by atoms with van der Waals surface area (Å²) in [5.41, 5.74) is 7.32. The molecule has 66 heavy (non-hydrogen) atoms. The molecule has 2 aromatic carbocycles. The number of hydrogen-bond donors (Lipinski definition) is 9. The van der Waals surface area contributed by atoms with Gasteiger partial charge in [0.05, 0.1) is 24.9 Å². The molecule has 0 unspecified atom stereocenters. The predicted octanol–water partition coefficient (Wildman–Crippen LogP) is 2.94. The van der Waals surface area contributed by atoms with Gasteiger partial charge in [0.25, 0.3) is 0 Å². The van der Waals surface area contributed by atoms with Crippen molar-refractivity contribution in [2.24, 2.45) is 29.4 Å². The number of carbonyl (C=O) groups is 7. The van der Waals surface area contributed by atoms with Crippen molar-refractivity contribution < 1.29 is 43.4 Å². The van der Waals surface area contributed by atoms with E-state index in [1.54, 1.807) is 57.2 Å². The molecular formula is C48H71N9O9. The molecule has 0 aliphatic heterocycles. The van der Waals surface area contributed by atoms with E-state index in [0.717, 1.165) is 11.1 Å². The van der Waals surface area contributed by atoms with Gasteiger partial charge in [0.15, 0.2) is 0 Å². The molecule has 7 amide bonds. The maximum absolute atomic E-state index is 14.3. The van der Waals surface area contributed by atoms with Crippen LogP contribution in [0.25, 0.3) is 0 Å². The molecule has 18 nitrogen and oxygen atoms in total. The molecule has 3 aromatic rings. The van der Waals surface area contributed by atoms with E-state index in [9.17, 15) is 38.7 Å². The Bertz CT molecular complexity index is 2000. The molecular weight excluding hydrogens is 847 g/mol. The van der Waals surface area contributed by atoms with E-state index in [0.29, 0.717) is 18.5 Å². The van der Waals surface area contributed by atoms with Crippen molar-refractivity contribution >= 4 is 41.5 Å². The third-order valence-corrected chi connectivity index (χ3v) is 11.0. The van der Waals surface area contributed by atoms with Gasteiger partial charge in [0, 0.05) is 24.7 Å². The molecule has 0 saturated carbocycles. The van der Waals surface area contributed by atoms with Crippen molar-refractivity contribution in [1.82, 2.24) is 41.9 Å². The SMILES string of the molecule is CC[C@H](C)[C@H](NC(=O)[C@@H](NC(=O)[C@H](CC(C)C)NC(=O)[C@H](Cc1cnc[nH]1)NC(=O)[C@H](Cc1ccccc1)NC(=O)OCc1ccccc1)C(C)C)C(=O)N[C@@H](CC(C)C)[C@@H](O)CC(N)=O. The highest BCUT2D eigenvalue weighted by Gasteiger charge is 2.36. The summed E-state index contributed by atoms with van der Waals surface area (Å²) in [5, 5.41) is 27.4. The number of imidazole rings is 1. The third kappa shape index (κ3) is 18.7. The summed E-state index contributed by atoms with van der Waals surface area (Å²) < 4.78 is 5.42. The number of alkyl carbamates (subject to hydrolysis) is 1. The molecule has 0 spiro atoms. The summed E-state index contributed by atoms with van der Waals surface area (Å²) in [6, 6.07) is 11.4. The Morgan fingerprint density at radius 1 is 0.652 bits per heavy atom. The van der Waals surface area contributed by atoms with Gasteiger partial charge in [-0.05, 0) is 47.6 Å². The highest BCUT2D eigenvalue weighted by Crippen LogP contribution is 2.16. The molecule has 0 radical (unpaired) electrons. The molecule has 362 valence electrons. The lowest BCUT2D eigenvalue weighted by Crippen LogP contribution is -2.61. The minimum atomic E-state index is -1.26. The minimum absolute atomic E-state index is 0.0346. The van der Waals surface area contributed by atoms with Crippen LogP contribution in [0.4, 0.5) is 4.79 Å². The lowest BCUT2D eigenvalue weighted by atomic mass is 9.93. The van der Waals surface area contributed by atoms with Gasteiger partial charge in [-0.3, -0.25) is 28.8 Å². The maximum atomic E-state index is 14.3. The second kappa shape index (κ2) is 27.2. The Balaban J connectivity index is 1.84. The van der Waals surface area contributed by atoms with Crippen LogP contribution >= 0.6 is 0 Å². The van der Waals surface area contributed by atoms with Crippen LogP contribution in [-0.2, 0) is 53.0 Å². The number of rotatable bonds is 27. The highest BCUT2D eigenvalue weighted by molar-refractivity contribution is 5.96. The molecule has 0 fully saturated rings. The maximum Gasteiger partial charge on any atom is 0.408 e. The summed E-state index contributed by atoms with van der Waals surface area (Å²) in [5.74, 6) is -4.92. The van der Waals surface area contributed by atoms with Gasteiger partial charge in [0.2, 0.25) is 35.4 Å². The number of nitrogens with zero attached hydrogens (tertiary/aromatic N) is 1. The van der Waals surface area contributed by atoms with Crippen LogP contribution in [0.15, 0.2) is 73.2 Å². The van der Waals surface area contributed by atoms with Crippen molar-refractivity contribution in [3.05, 3.63) is 90.0 Å². The standard InChI is InChI=1S/C48H71N9O9/c1-9-31(8)42(47(64)52-35(20-28(2)3)39(58)24-40(49)59)57-46(63)41(30(6)7)56-45(62)36(21-29(4)5)53-44(61)38(23-34-25-50-27-51-34)54-43(60)37(22-32-16-12-10-13-17-32)55-48(65)66-26-33-18-14-11-15-19-33/h10-19,25,27-31,35-39,41-42,58H,9,20-24,26H2,1-8H3,(H2,49,59)(H,50,51)(H,52,64)(H,53,61)(H,54,60)(H,55,65)(H,56,62)(H,57,63)/t31-,35-,36-,37-,38-,39-,41-,42-/m0/s1. The number of nitrogens with one attached hydrogen (secondary N) is 7. The topological polar surface area (TPSA) is 276 Å². The third-order valence-electron chi connectivity index (χ3n) is 11.0. The number of H-pyrrole nitrogens is 1. The molecule has 0 aliphatic carbocycles. The van der Waals surface area contributed by atoms with E-state index in [2.05, 4.69) is 41.9 Å². The van der Waals surface area contributed by atoms with E-state index >= 15 is 0 Å². The number of primary amides is 1. The van der Waals surface area contributed by atoms with E-state index in [-0.39, 0.29) is 50.0 Å². The number of aromatic amines is 1. The van der Waals surface area contributed by atoms with E-state index in [4.69, 9.17) is 10.5 Å². The van der Waals surface area contributed by atoms with Gasteiger partial charge in [-0.2, -0.15) is 0 Å². The number of hydrogen-bond acceptors (Lipinski definition) is 10. The Morgan fingerprint density at radius 3 is 1.71 bits per heavy atom. The quantitative estimate of drug-likeness (QED) is 0.0540. The predicted molar refractivity (Wildman–Crippen MR) is 249 cm³/mol. The molecule has 0 saturated heterocycles. The molecule has 0 aliphatic rings. The van der Waals surface area contributed by atoms with E-state index in [1.807, 2.05) is 58.9 Å². The zero-order chi connectivity index (χ0) is 48.9. The van der Waals surface area contributed by atoms with Gasteiger partial charge in [0.1, 0.15) is 36.8 Å². The van der Waals surface area contributed by atoms with E-state index < -0.39 is 89.8 Å². The number of ether oxygens (including phenoxy) is 1. The molecule has 10 N–H and O–H groups in total. The van der Waals surface area contributed by atoms with Crippen LogP contribution in [-0.4, -0.2) is 99.0 Å². The number of amides is 7. The minimum Gasteiger partial charge on any atom is -0.445 e. The van der Waals surface area contributed by atoms with Gasteiger partial charge < -0.3 is 52.5 Å². The van der Waals surface area contributed by atoms with E-state index in [1.165, 1.54) is 12.5 Å². The fourth-order valence-corrected chi connectivity index (χ4v) is 7.21. The van der Waals surface area contributed by atoms with Gasteiger partial charge >= 0.3 is 6.09 Å². The van der Waals surface area contributed by atoms with Crippen molar-refractivity contribution in [1.29, 1.82) is 0 Å². The molecule has 3 rings (SSSR count). The van der Waals surface area contributed by atoms with Crippen molar-refractivity contribution in [2.75, 3.05) is 0 Å². The summed E-state index contributed by atoms with van der Waals surface area (Å²) in [4.78, 5) is 102. The van der Waals surface area contributed by atoms with Gasteiger partial charge in [-0.1, -0.05) is 122 Å². The zero-order valence-corrected chi connectivity index (χ0v) is 39.5.